The molecule has 1 aliphatic heterocycles. The van der Waals surface area contributed by atoms with Crippen molar-refractivity contribution in [2.24, 2.45) is 0 Å². The minimum absolute atomic E-state index is 0.569. The number of benzene rings is 2. The van der Waals surface area contributed by atoms with Gasteiger partial charge in [0.25, 0.3) is 0 Å². The third kappa shape index (κ3) is 3.04. The first-order valence-corrected chi connectivity index (χ1v) is 8.51. The van der Waals surface area contributed by atoms with E-state index < -0.39 is 6.23 Å². The summed E-state index contributed by atoms with van der Waals surface area (Å²) in [6.07, 6.45) is 3.85. The number of rotatable bonds is 4. The Kier molecular flexibility index (Phi) is 4.13. The summed E-state index contributed by atoms with van der Waals surface area (Å²) in [4.78, 5) is 22.3. The fourth-order valence-corrected chi connectivity index (χ4v) is 3.11. The van der Waals surface area contributed by atoms with Gasteiger partial charge < -0.3 is 9.64 Å². The summed E-state index contributed by atoms with van der Waals surface area (Å²) < 4.78 is 5.76. The molecule has 130 valence electrons. The number of carbonyl (C=O) groups excluding carboxylic acids is 1. The van der Waals surface area contributed by atoms with E-state index in [0.29, 0.717) is 12.4 Å². The summed E-state index contributed by atoms with van der Waals surface area (Å²) in [5.74, 6) is 1.43. The second-order valence-electron chi connectivity index (χ2n) is 6.53. The molecular weight excluding hydrogens is 326 g/mol. The van der Waals surface area contributed by atoms with Crippen molar-refractivity contribution in [3.8, 4) is 17.1 Å². The minimum Gasteiger partial charge on any atom is -0.461 e. The molecular formula is C21H19N3O2. The average Bonchev–Trinajstić information content (AvgIpc) is 2.99. The van der Waals surface area contributed by atoms with Crippen molar-refractivity contribution in [2.45, 2.75) is 26.6 Å². The number of fused-ring (bicyclic) bond motifs is 1. The van der Waals surface area contributed by atoms with Crippen molar-refractivity contribution in [3.63, 3.8) is 0 Å². The van der Waals surface area contributed by atoms with Gasteiger partial charge in [-0.2, -0.15) is 0 Å². The molecule has 2 heterocycles. The van der Waals surface area contributed by atoms with Gasteiger partial charge in [-0.05, 0) is 48.7 Å². The zero-order valence-electron chi connectivity index (χ0n) is 14.7. The monoisotopic (exact) mass is 345 g/mol. The van der Waals surface area contributed by atoms with Crippen molar-refractivity contribution >= 4 is 12.0 Å². The Morgan fingerprint density at radius 2 is 1.88 bits per heavy atom. The molecule has 0 saturated heterocycles. The van der Waals surface area contributed by atoms with Gasteiger partial charge in [0.05, 0.1) is 5.69 Å². The molecule has 26 heavy (non-hydrogen) atoms. The third-order valence-electron chi connectivity index (χ3n) is 4.41. The Bertz CT molecular complexity index is 954. The first kappa shape index (κ1) is 16.3. The van der Waals surface area contributed by atoms with Crippen molar-refractivity contribution < 1.29 is 9.53 Å². The normalized spacial score (nSPS) is 15.5. The van der Waals surface area contributed by atoms with Crippen LogP contribution in [0.5, 0.6) is 5.75 Å². The standard InChI is InChI=1S/C21H19N3O2/c1-14-6-7-19-18(8-14)24(20(13-25)26-19)12-16-4-3-5-17(9-16)21-22-10-15(2)11-23-21/h3-11,13,20H,12H2,1-2H3. The van der Waals surface area contributed by atoms with Gasteiger partial charge in [-0.3, -0.25) is 4.79 Å². The Morgan fingerprint density at radius 3 is 2.65 bits per heavy atom. The number of anilines is 1. The topological polar surface area (TPSA) is 55.3 Å². The highest BCUT2D eigenvalue weighted by atomic mass is 16.5. The smallest absolute Gasteiger partial charge is 0.229 e. The fraction of sp³-hybridized carbons (Fsp3) is 0.190. The predicted molar refractivity (Wildman–Crippen MR) is 100 cm³/mol. The van der Waals surface area contributed by atoms with Gasteiger partial charge in [-0.25, -0.2) is 9.97 Å². The average molecular weight is 345 g/mol. The van der Waals surface area contributed by atoms with E-state index in [9.17, 15) is 4.79 Å². The number of nitrogens with zero attached hydrogens (tertiary/aromatic N) is 3. The molecule has 1 atom stereocenters. The maximum absolute atomic E-state index is 11.5. The van der Waals surface area contributed by atoms with E-state index in [-0.39, 0.29) is 0 Å². The van der Waals surface area contributed by atoms with Crippen molar-refractivity contribution in [1.29, 1.82) is 0 Å². The molecule has 0 aliphatic carbocycles. The third-order valence-corrected chi connectivity index (χ3v) is 4.41. The molecule has 1 aliphatic rings. The number of hydrogen-bond acceptors (Lipinski definition) is 5. The highest BCUT2D eigenvalue weighted by molar-refractivity contribution is 5.73. The second-order valence-corrected chi connectivity index (χ2v) is 6.53. The molecule has 5 nitrogen and oxygen atoms in total. The molecule has 1 aromatic heterocycles. The van der Waals surface area contributed by atoms with Crippen LogP contribution >= 0.6 is 0 Å². The van der Waals surface area contributed by atoms with Crippen LogP contribution in [-0.4, -0.2) is 22.5 Å². The van der Waals surface area contributed by atoms with Crippen LogP contribution < -0.4 is 9.64 Å². The zero-order valence-corrected chi connectivity index (χ0v) is 14.7. The summed E-state index contributed by atoms with van der Waals surface area (Å²) in [5.41, 5.74) is 5.12. The van der Waals surface area contributed by atoms with Gasteiger partial charge >= 0.3 is 0 Å². The van der Waals surface area contributed by atoms with Gasteiger partial charge in [0.15, 0.2) is 12.1 Å². The van der Waals surface area contributed by atoms with Crippen molar-refractivity contribution in [2.75, 3.05) is 4.90 Å². The molecule has 0 spiro atoms. The number of aryl methyl sites for hydroxylation is 2. The highest BCUT2D eigenvalue weighted by Gasteiger charge is 2.30. The number of aromatic nitrogens is 2. The van der Waals surface area contributed by atoms with E-state index in [0.717, 1.165) is 40.0 Å². The van der Waals surface area contributed by atoms with E-state index in [1.807, 2.05) is 67.5 Å². The summed E-state index contributed by atoms with van der Waals surface area (Å²) in [5, 5.41) is 0. The van der Waals surface area contributed by atoms with E-state index >= 15 is 0 Å². The lowest BCUT2D eigenvalue weighted by Gasteiger charge is -2.21. The second kappa shape index (κ2) is 6.59. The Morgan fingerprint density at radius 1 is 1.08 bits per heavy atom. The Labute approximate surface area is 152 Å². The van der Waals surface area contributed by atoms with E-state index in [1.165, 1.54) is 0 Å². The van der Waals surface area contributed by atoms with Gasteiger partial charge in [0, 0.05) is 24.5 Å². The predicted octanol–water partition coefficient (Wildman–Crippen LogP) is 3.68. The quantitative estimate of drug-likeness (QED) is 0.675. The van der Waals surface area contributed by atoms with Crippen molar-refractivity contribution in [1.82, 2.24) is 9.97 Å². The summed E-state index contributed by atoms with van der Waals surface area (Å²) in [6, 6.07) is 14.0. The first-order chi connectivity index (χ1) is 12.6. The van der Waals surface area contributed by atoms with Crippen LogP contribution in [0.1, 0.15) is 16.7 Å². The molecule has 0 saturated carbocycles. The maximum Gasteiger partial charge on any atom is 0.229 e. The van der Waals surface area contributed by atoms with E-state index in [1.54, 1.807) is 0 Å². The Hall–Kier alpha value is -3.21. The molecule has 0 N–H and O–H groups in total. The van der Waals surface area contributed by atoms with Gasteiger partial charge in [-0.15, -0.1) is 0 Å². The zero-order chi connectivity index (χ0) is 18.1. The lowest BCUT2D eigenvalue weighted by atomic mass is 10.1. The maximum atomic E-state index is 11.5. The molecule has 1 unspecified atom stereocenters. The van der Waals surface area contributed by atoms with Gasteiger partial charge in [0.1, 0.15) is 5.75 Å². The highest BCUT2D eigenvalue weighted by Crippen LogP contribution is 2.38. The molecule has 2 aromatic carbocycles. The summed E-state index contributed by atoms with van der Waals surface area (Å²) in [6.45, 7) is 4.56. The number of aldehydes is 1. The first-order valence-electron chi connectivity index (χ1n) is 8.51. The van der Waals surface area contributed by atoms with E-state index in [4.69, 9.17) is 4.74 Å². The SMILES string of the molecule is Cc1cnc(-c2cccc(CN3c4cc(C)ccc4OC3C=O)c2)nc1. The molecule has 0 amide bonds. The molecule has 0 radical (unpaired) electrons. The van der Waals surface area contributed by atoms with Gasteiger partial charge in [0.2, 0.25) is 6.23 Å². The van der Waals surface area contributed by atoms with Crippen LogP contribution in [0.2, 0.25) is 0 Å². The largest absolute Gasteiger partial charge is 0.461 e. The summed E-state index contributed by atoms with van der Waals surface area (Å²) >= 11 is 0. The lowest BCUT2D eigenvalue weighted by molar-refractivity contribution is -0.113. The molecule has 4 rings (SSSR count). The number of hydrogen-bond donors (Lipinski definition) is 0. The van der Waals surface area contributed by atoms with Crippen molar-refractivity contribution in [3.05, 3.63) is 71.5 Å². The molecule has 0 fully saturated rings. The molecule has 3 aromatic rings. The minimum atomic E-state index is -0.605. The van der Waals surface area contributed by atoms with Gasteiger partial charge in [-0.1, -0.05) is 24.3 Å². The van der Waals surface area contributed by atoms with Crippen LogP contribution in [0.15, 0.2) is 54.9 Å². The van der Waals surface area contributed by atoms with Crippen LogP contribution in [0.3, 0.4) is 0 Å². The van der Waals surface area contributed by atoms with Crippen LogP contribution in [0, 0.1) is 13.8 Å². The van der Waals surface area contributed by atoms with Crippen LogP contribution in [0.25, 0.3) is 11.4 Å². The van der Waals surface area contributed by atoms with E-state index in [2.05, 4.69) is 16.0 Å². The van der Waals surface area contributed by atoms with Crippen LogP contribution in [0.4, 0.5) is 5.69 Å². The molecule has 5 heteroatoms. The number of carbonyl (C=O) groups is 1. The fourth-order valence-electron chi connectivity index (χ4n) is 3.11. The lowest BCUT2D eigenvalue weighted by Crippen LogP contribution is -2.35. The molecule has 0 bridgehead atoms. The summed E-state index contributed by atoms with van der Waals surface area (Å²) in [7, 11) is 0. The van der Waals surface area contributed by atoms with Crippen LogP contribution in [-0.2, 0) is 11.3 Å². The number of ether oxygens (including phenoxy) is 1. The Balaban J connectivity index is 1.65.